The molecule has 0 spiro atoms. The average molecular weight is 375 g/mol. The van der Waals surface area contributed by atoms with Gasteiger partial charge in [-0.05, 0) is 135 Å². The van der Waals surface area contributed by atoms with E-state index in [0.29, 0.717) is 0 Å². The Morgan fingerprint density at radius 3 is 1.32 bits per heavy atom. The molecule has 0 amide bonds. The van der Waals surface area contributed by atoms with Crippen molar-refractivity contribution in [1.29, 1.82) is 0 Å². The smallest absolute Gasteiger partial charge is 0.0125 e. The van der Waals surface area contributed by atoms with E-state index in [1.807, 2.05) is 16.7 Å². The van der Waals surface area contributed by atoms with Crippen LogP contribution in [0.15, 0.2) is 12.1 Å². The average Bonchev–Trinajstić information content (AvgIpc) is 3.53. The molecule has 7 rings (SSSR count). The first-order valence-electron chi connectivity index (χ1n) is 12.9. The molecule has 0 unspecified atom stereocenters. The van der Waals surface area contributed by atoms with Gasteiger partial charge in [0.15, 0.2) is 0 Å². The summed E-state index contributed by atoms with van der Waals surface area (Å²) in [6, 6.07) is 5.40. The molecule has 0 aromatic heterocycles. The van der Waals surface area contributed by atoms with Crippen LogP contribution in [-0.4, -0.2) is 0 Å². The Labute approximate surface area is 171 Å². The first-order valence-corrected chi connectivity index (χ1v) is 12.9. The van der Waals surface area contributed by atoms with Gasteiger partial charge in [-0.2, -0.15) is 0 Å². The van der Waals surface area contributed by atoms with Crippen LogP contribution >= 0.6 is 0 Å². The summed E-state index contributed by atoms with van der Waals surface area (Å²) >= 11 is 0. The molecule has 0 saturated heterocycles. The summed E-state index contributed by atoms with van der Waals surface area (Å²) in [6.45, 7) is 2.41. The van der Waals surface area contributed by atoms with Crippen molar-refractivity contribution in [3.8, 4) is 0 Å². The van der Waals surface area contributed by atoms with Gasteiger partial charge < -0.3 is 0 Å². The minimum atomic E-state index is 0.921. The summed E-state index contributed by atoms with van der Waals surface area (Å²) in [6.07, 6.45) is 18.5. The molecule has 28 heavy (non-hydrogen) atoms. The van der Waals surface area contributed by atoms with E-state index in [2.05, 4.69) is 19.1 Å². The molecule has 1 aromatic carbocycles. The summed E-state index contributed by atoms with van der Waals surface area (Å²) < 4.78 is 0. The van der Waals surface area contributed by atoms with Gasteiger partial charge in [-0.3, -0.25) is 0 Å². The van der Waals surface area contributed by atoms with Gasteiger partial charge >= 0.3 is 0 Å². The van der Waals surface area contributed by atoms with Crippen molar-refractivity contribution in [3.63, 3.8) is 0 Å². The van der Waals surface area contributed by atoms with Crippen LogP contribution in [0.3, 0.4) is 0 Å². The van der Waals surface area contributed by atoms with Crippen LogP contribution in [0.2, 0.25) is 0 Å². The van der Waals surface area contributed by atoms with Gasteiger partial charge in [0, 0.05) is 0 Å². The molecule has 0 aliphatic heterocycles. The molecule has 0 heterocycles. The number of hydrogen-bond donors (Lipinski definition) is 0. The Bertz CT molecular complexity index is 740. The largest absolute Gasteiger partial charge is 0.0555 e. The molecule has 6 aliphatic rings. The van der Waals surface area contributed by atoms with Gasteiger partial charge in [-0.25, -0.2) is 0 Å². The zero-order valence-electron chi connectivity index (χ0n) is 17.8. The minimum Gasteiger partial charge on any atom is -0.0555 e. The quantitative estimate of drug-likeness (QED) is 0.508. The predicted molar refractivity (Wildman–Crippen MR) is 116 cm³/mol. The van der Waals surface area contributed by atoms with Crippen LogP contribution < -0.4 is 0 Å². The van der Waals surface area contributed by atoms with Gasteiger partial charge in [0.1, 0.15) is 0 Å². The maximum absolute atomic E-state index is 2.70. The second-order valence-electron chi connectivity index (χ2n) is 12.2. The fourth-order valence-corrected chi connectivity index (χ4v) is 9.75. The van der Waals surface area contributed by atoms with Crippen molar-refractivity contribution in [2.75, 3.05) is 0 Å². The monoisotopic (exact) mass is 374 g/mol. The zero-order valence-corrected chi connectivity index (χ0v) is 17.8. The van der Waals surface area contributed by atoms with Gasteiger partial charge in [-0.1, -0.05) is 37.0 Å². The molecule has 0 radical (unpaired) electrons. The Balaban J connectivity index is 1.37. The lowest BCUT2D eigenvalue weighted by Gasteiger charge is -2.35. The summed E-state index contributed by atoms with van der Waals surface area (Å²) in [5.74, 6) is 9.05. The fourth-order valence-electron chi connectivity index (χ4n) is 9.75. The zero-order chi connectivity index (χ0) is 18.4. The Morgan fingerprint density at radius 1 is 0.536 bits per heavy atom. The first-order chi connectivity index (χ1) is 13.7. The van der Waals surface area contributed by atoms with Crippen LogP contribution in [-0.2, 0) is 0 Å². The lowest BCUT2D eigenvalue weighted by atomic mass is 9.69. The number of hydrogen-bond acceptors (Lipinski definition) is 0. The molecule has 150 valence electrons. The first kappa shape index (κ1) is 17.0. The highest BCUT2D eigenvalue weighted by Crippen LogP contribution is 2.61. The molecule has 6 bridgehead atoms. The second-order valence-corrected chi connectivity index (χ2v) is 12.2. The van der Waals surface area contributed by atoms with Crippen molar-refractivity contribution in [2.45, 2.75) is 102 Å². The molecule has 0 heteroatoms. The lowest BCUT2D eigenvalue weighted by molar-refractivity contribution is 0.380. The Hall–Kier alpha value is -0.780. The standard InChI is InChI=1S/C28H38/c1-16-8-26(23-13-17-2-5-20(23)10-17)28(25-15-19-4-7-22(25)12-19)27(9-16)24-14-18-3-6-21(24)11-18/h8-9,17-25H,2-7,10-15H2,1H3/t17-,18-,19-,20+,21+,22+,23+,24+,25+/m0/s1. The van der Waals surface area contributed by atoms with Crippen LogP contribution in [0.4, 0.5) is 0 Å². The SMILES string of the molecule is Cc1cc([C@@H]2C[C@H]3CC[C@@H]2C3)c([C@@H]2C[C@H]3CC[C@@H]2C3)c([C@@H]2C[C@H]3CC[C@@H]2C3)c1. The topological polar surface area (TPSA) is 0 Å². The van der Waals surface area contributed by atoms with Crippen LogP contribution in [0, 0.1) is 42.4 Å². The molecule has 6 fully saturated rings. The summed E-state index contributed by atoms with van der Waals surface area (Å²) in [4.78, 5) is 0. The van der Waals surface area contributed by atoms with Crippen LogP contribution in [0.5, 0.6) is 0 Å². The van der Waals surface area contributed by atoms with E-state index in [1.165, 1.54) is 51.4 Å². The number of benzene rings is 1. The van der Waals surface area contributed by atoms with Crippen molar-refractivity contribution in [1.82, 2.24) is 0 Å². The van der Waals surface area contributed by atoms with Gasteiger partial charge in [0.2, 0.25) is 0 Å². The van der Waals surface area contributed by atoms with Gasteiger partial charge in [0.25, 0.3) is 0 Å². The number of aryl methyl sites for hydroxylation is 1. The summed E-state index contributed by atoms with van der Waals surface area (Å²) in [5.41, 5.74) is 7.33. The van der Waals surface area contributed by atoms with Crippen LogP contribution in [0.25, 0.3) is 0 Å². The van der Waals surface area contributed by atoms with Crippen LogP contribution in [0.1, 0.15) is 117 Å². The molecule has 0 nitrogen and oxygen atoms in total. The van der Waals surface area contributed by atoms with E-state index in [0.717, 1.165) is 53.3 Å². The van der Waals surface area contributed by atoms with Crippen molar-refractivity contribution in [2.24, 2.45) is 35.5 Å². The molecule has 6 aliphatic carbocycles. The molecule has 6 saturated carbocycles. The molecule has 9 atom stereocenters. The van der Waals surface area contributed by atoms with Crippen molar-refractivity contribution >= 4 is 0 Å². The molecular weight excluding hydrogens is 336 g/mol. The van der Waals surface area contributed by atoms with E-state index >= 15 is 0 Å². The highest BCUT2D eigenvalue weighted by molar-refractivity contribution is 5.48. The van der Waals surface area contributed by atoms with E-state index in [4.69, 9.17) is 0 Å². The van der Waals surface area contributed by atoms with Gasteiger partial charge in [-0.15, -0.1) is 0 Å². The Kier molecular flexibility index (Phi) is 3.70. The third-order valence-electron chi connectivity index (χ3n) is 10.8. The third kappa shape index (κ3) is 2.42. The molecule has 0 N–H and O–H groups in total. The lowest BCUT2D eigenvalue weighted by Crippen LogP contribution is -2.21. The minimum absolute atomic E-state index is 0.921. The van der Waals surface area contributed by atoms with E-state index in [-0.39, 0.29) is 0 Å². The number of fused-ring (bicyclic) bond motifs is 6. The summed E-state index contributed by atoms with van der Waals surface area (Å²) in [7, 11) is 0. The predicted octanol–water partition coefficient (Wildman–Crippen LogP) is 7.71. The highest BCUT2D eigenvalue weighted by Gasteiger charge is 2.48. The van der Waals surface area contributed by atoms with E-state index in [1.54, 1.807) is 31.2 Å². The molecular formula is C28H38. The number of rotatable bonds is 3. The fraction of sp³-hybridized carbons (Fsp3) is 0.786. The Morgan fingerprint density at radius 2 is 0.964 bits per heavy atom. The summed E-state index contributed by atoms with van der Waals surface area (Å²) in [5, 5.41) is 0. The van der Waals surface area contributed by atoms with Crippen molar-refractivity contribution in [3.05, 3.63) is 34.4 Å². The van der Waals surface area contributed by atoms with E-state index < -0.39 is 0 Å². The normalized spacial score (nSPS) is 48.2. The maximum atomic E-state index is 2.70. The maximum Gasteiger partial charge on any atom is -0.0125 e. The van der Waals surface area contributed by atoms with Crippen molar-refractivity contribution < 1.29 is 0 Å². The van der Waals surface area contributed by atoms with E-state index in [9.17, 15) is 0 Å². The molecule has 1 aromatic rings. The highest BCUT2D eigenvalue weighted by atomic mass is 14.5. The second kappa shape index (κ2) is 6.12. The third-order valence-corrected chi connectivity index (χ3v) is 10.8. The van der Waals surface area contributed by atoms with Gasteiger partial charge in [0.05, 0.1) is 0 Å².